The Balaban J connectivity index is 1.20. The minimum absolute atomic E-state index is 0.0492. The number of rotatable bonds is 6. The number of likely N-dealkylation sites (tertiary alicyclic amines) is 1. The van der Waals surface area contributed by atoms with Gasteiger partial charge in [-0.15, -0.1) is 0 Å². The fraction of sp³-hybridized carbons (Fsp3) is 0.457. The van der Waals surface area contributed by atoms with Gasteiger partial charge in [0.1, 0.15) is 6.04 Å². The third kappa shape index (κ3) is 5.98. The molecule has 1 spiro atoms. The summed E-state index contributed by atoms with van der Waals surface area (Å²) in [7, 11) is 3.64. The summed E-state index contributed by atoms with van der Waals surface area (Å²) in [6, 6.07) is 21.7. The average Bonchev–Trinajstić information content (AvgIpc) is 3.34. The number of nitrogens with one attached hydrogen (secondary N) is 3. The first kappa shape index (κ1) is 29.2. The molecule has 6 rings (SSSR count). The molecular weight excluding hydrogens is 538 g/mol. The summed E-state index contributed by atoms with van der Waals surface area (Å²) in [4.78, 5) is 44.1. The number of hydrogen-bond acceptors (Lipinski definition) is 4. The number of likely N-dealkylation sites (N-methyl/N-ethyl adjacent to an activating group) is 1. The van der Waals surface area contributed by atoms with Crippen molar-refractivity contribution in [1.82, 2.24) is 25.8 Å². The van der Waals surface area contributed by atoms with Crippen molar-refractivity contribution in [1.29, 1.82) is 0 Å². The van der Waals surface area contributed by atoms with E-state index in [2.05, 4.69) is 58.4 Å². The molecule has 3 N–H and O–H groups in total. The van der Waals surface area contributed by atoms with Gasteiger partial charge in [0.05, 0.1) is 5.92 Å². The molecule has 43 heavy (non-hydrogen) atoms. The highest BCUT2D eigenvalue weighted by atomic mass is 16.2. The number of fused-ring (bicyclic) bond motifs is 3. The molecule has 4 amide bonds. The maximum Gasteiger partial charge on any atom is 0.315 e. The van der Waals surface area contributed by atoms with Crippen LogP contribution >= 0.6 is 0 Å². The van der Waals surface area contributed by atoms with Crippen molar-refractivity contribution < 1.29 is 14.4 Å². The highest BCUT2D eigenvalue weighted by molar-refractivity contribution is 5.90. The van der Waals surface area contributed by atoms with Gasteiger partial charge >= 0.3 is 6.03 Å². The highest BCUT2D eigenvalue weighted by Crippen LogP contribution is 2.52. The Morgan fingerprint density at radius 2 is 1.74 bits per heavy atom. The van der Waals surface area contributed by atoms with Gasteiger partial charge in [-0.1, -0.05) is 66.7 Å². The van der Waals surface area contributed by atoms with Gasteiger partial charge in [-0.3, -0.25) is 9.59 Å². The van der Waals surface area contributed by atoms with E-state index >= 15 is 0 Å². The molecule has 0 bridgehead atoms. The second-order valence-corrected chi connectivity index (χ2v) is 12.7. The highest BCUT2D eigenvalue weighted by Gasteiger charge is 2.48. The SMILES string of the molecule is CN(C)C(=O)[C@@H]1CC2(CCN(C(=O)C(Cc3cccc4ccccc34)NC(=O)NC3CCCNC3)CC2)c2ccccc21. The quantitative estimate of drug-likeness (QED) is 0.411. The lowest BCUT2D eigenvalue weighted by molar-refractivity contribution is -0.135. The fourth-order valence-corrected chi connectivity index (χ4v) is 7.53. The van der Waals surface area contributed by atoms with E-state index in [9.17, 15) is 14.4 Å². The molecule has 1 aliphatic carbocycles. The third-order valence-corrected chi connectivity index (χ3v) is 9.81. The Morgan fingerprint density at radius 1 is 1.00 bits per heavy atom. The molecule has 226 valence electrons. The van der Waals surface area contributed by atoms with Gasteiger partial charge in [-0.25, -0.2) is 4.79 Å². The number of nitrogens with zero attached hydrogens (tertiary/aromatic N) is 2. The second-order valence-electron chi connectivity index (χ2n) is 12.7. The number of hydrogen-bond donors (Lipinski definition) is 3. The number of benzene rings is 3. The largest absolute Gasteiger partial charge is 0.348 e. The second kappa shape index (κ2) is 12.4. The third-order valence-electron chi connectivity index (χ3n) is 9.81. The van der Waals surface area contributed by atoms with Gasteiger partial charge in [0.15, 0.2) is 0 Å². The lowest BCUT2D eigenvalue weighted by Gasteiger charge is -2.41. The molecule has 0 saturated carbocycles. The molecular formula is C35H43N5O3. The summed E-state index contributed by atoms with van der Waals surface area (Å²) < 4.78 is 0. The molecule has 2 unspecified atom stereocenters. The Morgan fingerprint density at radius 3 is 2.51 bits per heavy atom. The zero-order chi connectivity index (χ0) is 30.0. The van der Waals surface area contributed by atoms with Crippen molar-refractivity contribution in [3.8, 4) is 0 Å². The van der Waals surface area contributed by atoms with Crippen LogP contribution in [0.5, 0.6) is 0 Å². The summed E-state index contributed by atoms with van der Waals surface area (Å²) in [6.07, 6.45) is 4.74. The van der Waals surface area contributed by atoms with E-state index in [1.54, 1.807) is 4.90 Å². The molecule has 3 aliphatic rings. The standard InChI is InChI=1S/C35H43N5O3/c1-39(2)32(41)29-22-35(30-15-6-5-14-28(29)30)16-19-40(20-17-35)33(42)31(38-34(43)37-26-12-8-18-36-23-26)21-25-11-7-10-24-9-3-4-13-27(24)25/h3-7,9-11,13-15,26,29,31,36H,8,12,16-23H2,1-2H3,(H2,37,38,43)/t26?,29-,31?/m1/s1. The maximum absolute atomic E-state index is 14.2. The van der Waals surface area contributed by atoms with E-state index < -0.39 is 6.04 Å². The molecule has 8 heteroatoms. The Bertz CT molecular complexity index is 1480. The van der Waals surface area contributed by atoms with Crippen molar-refractivity contribution in [2.75, 3.05) is 40.3 Å². The molecule has 2 heterocycles. The van der Waals surface area contributed by atoms with Gasteiger partial charge in [-0.2, -0.15) is 0 Å². The number of urea groups is 1. The minimum Gasteiger partial charge on any atom is -0.348 e. The van der Waals surface area contributed by atoms with Crippen molar-refractivity contribution in [3.63, 3.8) is 0 Å². The van der Waals surface area contributed by atoms with E-state index in [-0.39, 0.29) is 35.2 Å². The van der Waals surface area contributed by atoms with Gasteiger partial charge in [0.25, 0.3) is 0 Å². The molecule has 2 fully saturated rings. The van der Waals surface area contributed by atoms with Crippen LogP contribution in [0.1, 0.15) is 54.7 Å². The summed E-state index contributed by atoms with van der Waals surface area (Å²) in [6.45, 7) is 2.89. The molecule has 2 aliphatic heterocycles. The van der Waals surface area contributed by atoms with Crippen molar-refractivity contribution in [3.05, 3.63) is 83.4 Å². The number of carbonyl (C=O) groups excluding carboxylic acids is 3. The zero-order valence-corrected chi connectivity index (χ0v) is 25.3. The first-order valence-electron chi connectivity index (χ1n) is 15.7. The van der Waals surface area contributed by atoms with E-state index in [0.29, 0.717) is 19.5 Å². The number of piperidine rings is 2. The summed E-state index contributed by atoms with van der Waals surface area (Å²) >= 11 is 0. The van der Waals surface area contributed by atoms with Crippen LogP contribution < -0.4 is 16.0 Å². The van der Waals surface area contributed by atoms with Crippen molar-refractivity contribution in [2.45, 2.75) is 61.9 Å². The van der Waals surface area contributed by atoms with E-state index in [4.69, 9.17) is 0 Å². The van der Waals surface area contributed by atoms with Crippen LogP contribution in [0, 0.1) is 0 Å². The molecule has 3 aromatic rings. The minimum atomic E-state index is -0.685. The van der Waals surface area contributed by atoms with Crippen LogP contribution in [0.4, 0.5) is 4.79 Å². The van der Waals surface area contributed by atoms with Gasteiger partial charge in [0, 0.05) is 51.6 Å². The molecule has 0 radical (unpaired) electrons. The van der Waals surface area contributed by atoms with Crippen molar-refractivity contribution in [2.24, 2.45) is 0 Å². The smallest absolute Gasteiger partial charge is 0.315 e. The van der Waals surface area contributed by atoms with E-state index in [0.717, 1.165) is 67.1 Å². The normalized spacial score (nSPS) is 21.7. The number of carbonyl (C=O) groups is 3. The van der Waals surface area contributed by atoms with Crippen LogP contribution in [0.15, 0.2) is 66.7 Å². The van der Waals surface area contributed by atoms with Crippen LogP contribution in [-0.4, -0.2) is 80.0 Å². The predicted octanol–water partition coefficient (Wildman–Crippen LogP) is 3.94. The van der Waals surface area contributed by atoms with Crippen LogP contribution in [0.25, 0.3) is 10.8 Å². The monoisotopic (exact) mass is 581 g/mol. The fourth-order valence-electron chi connectivity index (χ4n) is 7.53. The molecule has 3 aromatic carbocycles. The molecule has 2 saturated heterocycles. The van der Waals surface area contributed by atoms with Gasteiger partial charge in [-0.05, 0) is 66.1 Å². The van der Waals surface area contributed by atoms with Crippen molar-refractivity contribution >= 4 is 28.6 Å². The van der Waals surface area contributed by atoms with Gasteiger partial charge in [0.2, 0.25) is 11.8 Å². The predicted molar refractivity (Wildman–Crippen MR) is 169 cm³/mol. The zero-order valence-electron chi connectivity index (χ0n) is 25.3. The van der Waals surface area contributed by atoms with Crippen LogP contribution in [0.2, 0.25) is 0 Å². The first-order valence-corrected chi connectivity index (χ1v) is 15.7. The maximum atomic E-state index is 14.2. The lowest BCUT2D eigenvalue weighted by atomic mass is 9.73. The molecule has 8 nitrogen and oxygen atoms in total. The molecule has 0 aromatic heterocycles. The Labute approximate surface area is 254 Å². The Kier molecular flexibility index (Phi) is 8.39. The lowest BCUT2D eigenvalue weighted by Crippen LogP contribution is -2.57. The van der Waals surface area contributed by atoms with Gasteiger partial charge < -0.3 is 25.8 Å². The topological polar surface area (TPSA) is 93.8 Å². The Hall–Kier alpha value is -3.91. The number of amides is 4. The summed E-state index contributed by atoms with van der Waals surface area (Å²) in [5, 5.41) is 11.7. The average molecular weight is 582 g/mol. The van der Waals surface area contributed by atoms with E-state index in [1.165, 1.54) is 5.56 Å². The first-order chi connectivity index (χ1) is 20.8. The summed E-state index contributed by atoms with van der Waals surface area (Å²) in [5.41, 5.74) is 3.31. The molecule has 3 atom stereocenters. The summed E-state index contributed by atoms with van der Waals surface area (Å²) in [5.74, 6) is -0.0551. The van der Waals surface area contributed by atoms with E-state index in [1.807, 2.05) is 43.3 Å². The van der Waals surface area contributed by atoms with Crippen LogP contribution in [-0.2, 0) is 21.4 Å². The van der Waals surface area contributed by atoms with Crippen LogP contribution in [0.3, 0.4) is 0 Å².